The van der Waals surface area contributed by atoms with Crippen LogP contribution in [0.4, 0.5) is 5.69 Å². The molecule has 1 atom stereocenters. The molecule has 0 saturated heterocycles. The first kappa shape index (κ1) is 13.3. The van der Waals surface area contributed by atoms with E-state index in [0.717, 1.165) is 27.9 Å². The number of nitrogens with one attached hydrogen (secondary N) is 2. The normalized spacial score (nSPS) is 12.3. The molecule has 0 aliphatic heterocycles. The Labute approximate surface area is 122 Å². The Morgan fingerprint density at radius 1 is 1.29 bits per heavy atom. The first-order valence-electron chi connectivity index (χ1n) is 6.74. The molecule has 0 saturated carbocycles. The van der Waals surface area contributed by atoms with Crippen LogP contribution in [-0.4, -0.2) is 22.4 Å². The summed E-state index contributed by atoms with van der Waals surface area (Å²) in [5.41, 5.74) is 2.68. The molecule has 1 aromatic heterocycles. The van der Waals surface area contributed by atoms with Gasteiger partial charge in [-0.2, -0.15) is 5.10 Å². The number of para-hydroxylation sites is 1. The monoisotopic (exact) mass is 283 g/mol. The van der Waals surface area contributed by atoms with Gasteiger partial charge in [0.25, 0.3) is 0 Å². The van der Waals surface area contributed by atoms with Gasteiger partial charge in [0.1, 0.15) is 11.5 Å². The van der Waals surface area contributed by atoms with Crippen molar-refractivity contribution in [2.24, 2.45) is 0 Å². The lowest BCUT2D eigenvalue weighted by molar-refractivity contribution is 0.410. The number of ether oxygens (including phenoxy) is 1. The van der Waals surface area contributed by atoms with E-state index in [4.69, 9.17) is 4.74 Å². The lowest BCUT2D eigenvalue weighted by Crippen LogP contribution is -2.07. The first-order valence-corrected chi connectivity index (χ1v) is 6.74. The number of hydrogen-bond acceptors (Lipinski definition) is 4. The summed E-state index contributed by atoms with van der Waals surface area (Å²) in [4.78, 5) is 0. The predicted octanol–water partition coefficient (Wildman–Crippen LogP) is 3.45. The Morgan fingerprint density at radius 2 is 2.14 bits per heavy atom. The third kappa shape index (κ3) is 2.50. The second kappa shape index (κ2) is 5.36. The number of fused-ring (bicyclic) bond motifs is 1. The van der Waals surface area contributed by atoms with Gasteiger partial charge in [0.05, 0.1) is 30.6 Å². The number of benzene rings is 2. The average Bonchev–Trinajstić information content (AvgIpc) is 2.97. The van der Waals surface area contributed by atoms with Crippen molar-refractivity contribution >= 4 is 16.6 Å². The van der Waals surface area contributed by atoms with Crippen LogP contribution in [0.15, 0.2) is 42.6 Å². The van der Waals surface area contributed by atoms with Gasteiger partial charge in [0.2, 0.25) is 0 Å². The molecule has 5 heteroatoms. The first-order chi connectivity index (χ1) is 10.2. The van der Waals surface area contributed by atoms with Gasteiger partial charge in [-0.3, -0.25) is 5.10 Å². The van der Waals surface area contributed by atoms with Crippen LogP contribution in [-0.2, 0) is 0 Å². The minimum absolute atomic E-state index is 0.0750. The summed E-state index contributed by atoms with van der Waals surface area (Å²) >= 11 is 0. The highest BCUT2D eigenvalue weighted by molar-refractivity contribution is 5.90. The van der Waals surface area contributed by atoms with E-state index in [1.807, 2.05) is 31.2 Å². The maximum Gasteiger partial charge on any atom is 0.121 e. The van der Waals surface area contributed by atoms with Crippen molar-refractivity contribution < 1.29 is 9.84 Å². The van der Waals surface area contributed by atoms with E-state index in [1.165, 1.54) is 0 Å². The summed E-state index contributed by atoms with van der Waals surface area (Å²) in [5, 5.41) is 21.5. The number of nitrogens with zero attached hydrogens (tertiary/aromatic N) is 1. The molecule has 0 bridgehead atoms. The van der Waals surface area contributed by atoms with Crippen LogP contribution in [0.1, 0.15) is 18.5 Å². The molecular formula is C16H17N3O2. The number of rotatable bonds is 4. The number of hydrogen-bond donors (Lipinski definition) is 3. The molecule has 0 fully saturated rings. The number of aromatic amines is 1. The summed E-state index contributed by atoms with van der Waals surface area (Å²) < 4.78 is 5.21. The van der Waals surface area contributed by atoms with Crippen LogP contribution in [0.25, 0.3) is 10.9 Å². The molecule has 0 spiro atoms. The highest BCUT2D eigenvalue weighted by Crippen LogP contribution is 2.32. The van der Waals surface area contributed by atoms with E-state index < -0.39 is 0 Å². The van der Waals surface area contributed by atoms with Crippen LogP contribution >= 0.6 is 0 Å². The van der Waals surface area contributed by atoms with E-state index in [2.05, 4.69) is 15.5 Å². The number of anilines is 1. The Morgan fingerprint density at radius 3 is 2.95 bits per heavy atom. The minimum atomic E-state index is -0.0750. The van der Waals surface area contributed by atoms with Crippen molar-refractivity contribution in [2.45, 2.75) is 13.0 Å². The van der Waals surface area contributed by atoms with Gasteiger partial charge in [-0.25, -0.2) is 0 Å². The van der Waals surface area contributed by atoms with E-state index in [0.29, 0.717) is 0 Å². The zero-order valence-electron chi connectivity index (χ0n) is 11.9. The zero-order valence-corrected chi connectivity index (χ0v) is 11.9. The Kier molecular flexibility index (Phi) is 3.39. The summed E-state index contributed by atoms with van der Waals surface area (Å²) in [6.07, 6.45) is 1.79. The Bertz CT molecular complexity index is 767. The van der Waals surface area contributed by atoms with Crippen LogP contribution in [0.3, 0.4) is 0 Å². The largest absolute Gasteiger partial charge is 0.508 e. The summed E-state index contributed by atoms with van der Waals surface area (Å²) in [6, 6.07) is 11.1. The van der Waals surface area contributed by atoms with E-state index >= 15 is 0 Å². The molecule has 2 aromatic carbocycles. The van der Waals surface area contributed by atoms with Gasteiger partial charge in [0.15, 0.2) is 0 Å². The third-order valence-electron chi connectivity index (χ3n) is 3.55. The SMILES string of the molecule is COc1ccc(O)c(C(C)Nc2cccc3cn[nH]c23)c1. The van der Waals surface area contributed by atoms with Gasteiger partial charge in [0, 0.05) is 10.9 Å². The number of aromatic nitrogens is 2. The molecule has 1 unspecified atom stereocenters. The van der Waals surface area contributed by atoms with E-state index in [1.54, 1.807) is 25.4 Å². The molecule has 0 radical (unpaired) electrons. The Hall–Kier alpha value is -2.69. The molecule has 0 amide bonds. The smallest absolute Gasteiger partial charge is 0.121 e. The number of methoxy groups -OCH3 is 1. The van der Waals surface area contributed by atoms with Crippen molar-refractivity contribution in [1.29, 1.82) is 0 Å². The number of H-pyrrole nitrogens is 1. The average molecular weight is 283 g/mol. The fourth-order valence-corrected chi connectivity index (χ4v) is 2.41. The molecule has 108 valence electrons. The molecule has 21 heavy (non-hydrogen) atoms. The van der Waals surface area contributed by atoms with Gasteiger partial charge >= 0.3 is 0 Å². The van der Waals surface area contributed by atoms with Crippen molar-refractivity contribution in [1.82, 2.24) is 10.2 Å². The number of aromatic hydroxyl groups is 1. The number of phenolic OH excluding ortho intramolecular Hbond substituents is 1. The molecule has 5 nitrogen and oxygen atoms in total. The summed E-state index contributed by atoms with van der Waals surface area (Å²) in [6.45, 7) is 1.99. The van der Waals surface area contributed by atoms with Crippen molar-refractivity contribution in [2.75, 3.05) is 12.4 Å². The highest BCUT2D eigenvalue weighted by Gasteiger charge is 2.13. The number of phenols is 1. The van der Waals surface area contributed by atoms with Crippen LogP contribution < -0.4 is 10.1 Å². The predicted molar refractivity (Wildman–Crippen MR) is 82.8 cm³/mol. The molecule has 0 aliphatic carbocycles. The second-order valence-electron chi connectivity index (χ2n) is 4.93. The topological polar surface area (TPSA) is 70.2 Å². The van der Waals surface area contributed by atoms with Gasteiger partial charge in [-0.05, 0) is 31.2 Å². The van der Waals surface area contributed by atoms with Gasteiger partial charge in [-0.1, -0.05) is 12.1 Å². The molecular weight excluding hydrogens is 266 g/mol. The van der Waals surface area contributed by atoms with Crippen LogP contribution in [0, 0.1) is 0 Å². The van der Waals surface area contributed by atoms with Crippen molar-refractivity contribution in [3.05, 3.63) is 48.2 Å². The fourth-order valence-electron chi connectivity index (χ4n) is 2.41. The maximum atomic E-state index is 10.0. The van der Waals surface area contributed by atoms with Crippen LogP contribution in [0.2, 0.25) is 0 Å². The van der Waals surface area contributed by atoms with E-state index in [9.17, 15) is 5.11 Å². The van der Waals surface area contributed by atoms with Gasteiger partial charge < -0.3 is 15.2 Å². The van der Waals surface area contributed by atoms with E-state index in [-0.39, 0.29) is 11.8 Å². The van der Waals surface area contributed by atoms with Crippen molar-refractivity contribution in [3.8, 4) is 11.5 Å². The lowest BCUT2D eigenvalue weighted by Gasteiger charge is -2.18. The summed E-state index contributed by atoms with van der Waals surface area (Å²) in [5.74, 6) is 0.962. The maximum absolute atomic E-state index is 10.0. The summed E-state index contributed by atoms with van der Waals surface area (Å²) in [7, 11) is 1.61. The Balaban J connectivity index is 1.93. The van der Waals surface area contributed by atoms with Crippen molar-refractivity contribution in [3.63, 3.8) is 0 Å². The highest BCUT2D eigenvalue weighted by atomic mass is 16.5. The second-order valence-corrected chi connectivity index (χ2v) is 4.93. The van der Waals surface area contributed by atoms with Gasteiger partial charge in [-0.15, -0.1) is 0 Å². The lowest BCUT2D eigenvalue weighted by atomic mass is 10.1. The third-order valence-corrected chi connectivity index (χ3v) is 3.55. The van der Waals surface area contributed by atoms with Crippen LogP contribution in [0.5, 0.6) is 11.5 Å². The standard InChI is InChI=1S/C16H17N3O2/c1-10(13-8-12(21-2)6-7-15(13)20)18-14-5-3-4-11-9-17-19-16(11)14/h3-10,18,20H,1-2H3,(H,17,19). The quantitative estimate of drug-likeness (QED) is 0.686. The molecule has 0 aliphatic rings. The zero-order chi connectivity index (χ0) is 14.8. The fraction of sp³-hybridized carbons (Fsp3) is 0.188. The molecule has 3 aromatic rings. The minimum Gasteiger partial charge on any atom is -0.508 e. The molecule has 3 rings (SSSR count). The molecule has 1 heterocycles. The molecule has 3 N–H and O–H groups in total.